The lowest BCUT2D eigenvalue weighted by molar-refractivity contribution is 0.639. The average Bonchev–Trinajstić information content (AvgIpc) is 2.77. The molecule has 1 fully saturated rings. The number of nitrogens with zero attached hydrogens (tertiary/aromatic N) is 1. The molecule has 1 aliphatic rings. The lowest BCUT2D eigenvalue weighted by atomic mass is 10.1. The van der Waals surface area contributed by atoms with Gasteiger partial charge in [0, 0.05) is 22.0 Å². The molecule has 94 valence electrons. The predicted molar refractivity (Wildman–Crippen MR) is 79.6 cm³/mol. The fourth-order valence-electron chi connectivity index (χ4n) is 2.32. The predicted octanol–water partition coefficient (Wildman–Crippen LogP) is 3.51. The van der Waals surface area contributed by atoms with Crippen molar-refractivity contribution >= 4 is 39.2 Å². The van der Waals surface area contributed by atoms with E-state index in [4.69, 9.17) is 5.73 Å². The van der Waals surface area contributed by atoms with Crippen LogP contribution in [-0.2, 0) is 0 Å². The highest BCUT2D eigenvalue weighted by atomic mass is 79.9. The minimum absolute atomic E-state index is 0.376. The molecule has 0 atom stereocenters. The van der Waals surface area contributed by atoms with Crippen LogP contribution in [0.25, 0.3) is 0 Å². The standard InChI is InChI=1S/C12H18BrN3S/c1-17-12(4-2-3-5-12)8-16-11-10(14)6-9(13)7-15-11/h6-7H,2-5,8,14H2,1H3,(H,15,16). The molecule has 1 aromatic heterocycles. The van der Waals surface area contributed by atoms with Crippen LogP contribution in [0.3, 0.4) is 0 Å². The van der Waals surface area contributed by atoms with Crippen molar-refractivity contribution in [2.24, 2.45) is 0 Å². The maximum absolute atomic E-state index is 5.93. The van der Waals surface area contributed by atoms with Crippen molar-refractivity contribution in [1.82, 2.24) is 4.98 Å². The Balaban J connectivity index is 2.01. The lowest BCUT2D eigenvalue weighted by Crippen LogP contribution is -2.30. The molecule has 0 saturated heterocycles. The van der Waals surface area contributed by atoms with Crippen molar-refractivity contribution in [1.29, 1.82) is 0 Å². The number of thioether (sulfide) groups is 1. The third-order valence-corrected chi connectivity index (χ3v) is 5.26. The molecule has 0 aliphatic heterocycles. The van der Waals surface area contributed by atoms with Crippen molar-refractivity contribution in [3.63, 3.8) is 0 Å². The molecule has 1 heterocycles. The number of aromatic nitrogens is 1. The summed E-state index contributed by atoms with van der Waals surface area (Å²) in [5, 5.41) is 3.40. The van der Waals surface area contributed by atoms with E-state index < -0.39 is 0 Å². The maximum atomic E-state index is 5.93. The summed E-state index contributed by atoms with van der Waals surface area (Å²) in [6.07, 6.45) is 9.23. The third-order valence-electron chi connectivity index (χ3n) is 3.41. The van der Waals surface area contributed by atoms with Crippen molar-refractivity contribution in [3.8, 4) is 0 Å². The normalized spacial score (nSPS) is 18.2. The van der Waals surface area contributed by atoms with Gasteiger partial charge in [0.25, 0.3) is 0 Å². The highest BCUT2D eigenvalue weighted by Gasteiger charge is 2.32. The molecular weight excluding hydrogens is 298 g/mol. The van der Waals surface area contributed by atoms with Gasteiger partial charge in [-0.05, 0) is 41.1 Å². The number of rotatable bonds is 4. The summed E-state index contributed by atoms with van der Waals surface area (Å²) < 4.78 is 1.29. The first-order chi connectivity index (χ1) is 8.15. The molecule has 17 heavy (non-hydrogen) atoms. The fourth-order valence-corrected chi connectivity index (χ4v) is 3.58. The van der Waals surface area contributed by atoms with Gasteiger partial charge in [-0.2, -0.15) is 11.8 Å². The fraction of sp³-hybridized carbons (Fsp3) is 0.583. The average molecular weight is 316 g/mol. The molecule has 0 radical (unpaired) electrons. The van der Waals surface area contributed by atoms with E-state index in [9.17, 15) is 0 Å². The third kappa shape index (κ3) is 3.07. The van der Waals surface area contributed by atoms with Crippen LogP contribution in [0.5, 0.6) is 0 Å². The second kappa shape index (κ2) is 5.48. The van der Waals surface area contributed by atoms with Crippen LogP contribution >= 0.6 is 27.7 Å². The number of halogens is 1. The summed E-state index contributed by atoms with van der Waals surface area (Å²) in [5.74, 6) is 0.800. The van der Waals surface area contributed by atoms with E-state index in [0.717, 1.165) is 16.8 Å². The maximum Gasteiger partial charge on any atom is 0.149 e. The zero-order chi connectivity index (χ0) is 12.3. The van der Waals surface area contributed by atoms with Gasteiger partial charge in [0.2, 0.25) is 0 Å². The Kier molecular flexibility index (Phi) is 4.20. The Hall–Kier alpha value is -0.420. The molecule has 3 N–H and O–H groups in total. The van der Waals surface area contributed by atoms with E-state index in [1.807, 2.05) is 17.8 Å². The van der Waals surface area contributed by atoms with Crippen LogP contribution in [0, 0.1) is 0 Å². The minimum atomic E-state index is 0.376. The van der Waals surface area contributed by atoms with Crippen LogP contribution in [0.1, 0.15) is 25.7 Å². The van der Waals surface area contributed by atoms with E-state index >= 15 is 0 Å². The first kappa shape index (κ1) is 13.0. The molecule has 1 saturated carbocycles. The van der Waals surface area contributed by atoms with Crippen molar-refractivity contribution in [2.45, 2.75) is 30.4 Å². The first-order valence-corrected chi connectivity index (χ1v) is 7.87. The molecule has 2 rings (SSSR count). The molecule has 0 spiro atoms. The van der Waals surface area contributed by atoms with Gasteiger partial charge in [-0.3, -0.25) is 0 Å². The van der Waals surface area contributed by atoms with E-state index in [1.165, 1.54) is 25.7 Å². The van der Waals surface area contributed by atoms with Gasteiger partial charge in [0.15, 0.2) is 0 Å². The summed E-state index contributed by atoms with van der Waals surface area (Å²) >= 11 is 5.33. The second-order valence-electron chi connectivity index (χ2n) is 4.54. The molecule has 0 bridgehead atoms. The van der Waals surface area contributed by atoms with Crippen LogP contribution in [0.2, 0.25) is 0 Å². The van der Waals surface area contributed by atoms with E-state index in [1.54, 1.807) is 6.20 Å². The van der Waals surface area contributed by atoms with Gasteiger partial charge in [-0.25, -0.2) is 4.98 Å². The number of nitrogens with one attached hydrogen (secondary N) is 1. The smallest absolute Gasteiger partial charge is 0.149 e. The number of nitrogen functional groups attached to an aromatic ring is 1. The van der Waals surface area contributed by atoms with Gasteiger partial charge >= 0.3 is 0 Å². The van der Waals surface area contributed by atoms with Crippen molar-refractivity contribution < 1.29 is 0 Å². The zero-order valence-corrected chi connectivity index (χ0v) is 12.4. The van der Waals surface area contributed by atoms with E-state index in [0.29, 0.717) is 10.4 Å². The molecule has 3 nitrogen and oxygen atoms in total. The number of nitrogens with two attached hydrogens (primary N) is 1. The van der Waals surface area contributed by atoms with Gasteiger partial charge in [-0.1, -0.05) is 12.8 Å². The number of pyridine rings is 1. The molecule has 5 heteroatoms. The second-order valence-corrected chi connectivity index (χ2v) is 6.73. The van der Waals surface area contributed by atoms with E-state index in [2.05, 4.69) is 32.5 Å². The first-order valence-electron chi connectivity index (χ1n) is 5.85. The van der Waals surface area contributed by atoms with Crippen molar-refractivity contribution in [3.05, 3.63) is 16.7 Å². The summed E-state index contributed by atoms with van der Waals surface area (Å²) in [7, 11) is 0. The summed E-state index contributed by atoms with van der Waals surface area (Å²) in [4.78, 5) is 4.31. The quantitative estimate of drug-likeness (QED) is 0.892. The zero-order valence-electron chi connectivity index (χ0n) is 10.0. The van der Waals surface area contributed by atoms with Crippen molar-refractivity contribution in [2.75, 3.05) is 23.9 Å². The molecule has 0 unspecified atom stereocenters. The van der Waals surface area contributed by atoms with Gasteiger partial charge in [0.05, 0.1) is 5.69 Å². The summed E-state index contributed by atoms with van der Waals surface area (Å²) in [6, 6.07) is 1.88. The Morgan fingerprint density at radius 2 is 2.24 bits per heavy atom. The summed E-state index contributed by atoms with van der Waals surface area (Å²) in [6.45, 7) is 0.951. The Morgan fingerprint density at radius 3 is 2.82 bits per heavy atom. The minimum Gasteiger partial charge on any atom is -0.396 e. The highest BCUT2D eigenvalue weighted by Crippen LogP contribution is 2.40. The molecule has 1 aromatic rings. The molecular formula is C12H18BrN3S. The number of hydrogen-bond acceptors (Lipinski definition) is 4. The highest BCUT2D eigenvalue weighted by molar-refractivity contribution is 9.10. The largest absolute Gasteiger partial charge is 0.396 e. The molecule has 0 amide bonds. The van der Waals surface area contributed by atoms with Crippen LogP contribution in [0.4, 0.5) is 11.5 Å². The monoisotopic (exact) mass is 315 g/mol. The van der Waals surface area contributed by atoms with Crippen LogP contribution in [-0.4, -0.2) is 22.5 Å². The Labute approximate surface area is 115 Å². The number of hydrogen-bond donors (Lipinski definition) is 2. The topological polar surface area (TPSA) is 50.9 Å². The molecule has 0 aromatic carbocycles. The van der Waals surface area contributed by atoms with Gasteiger partial charge < -0.3 is 11.1 Å². The van der Waals surface area contributed by atoms with Gasteiger partial charge in [-0.15, -0.1) is 0 Å². The lowest BCUT2D eigenvalue weighted by Gasteiger charge is -2.27. The SMILES string of the molecule is CSC1(CNc2ncc(Br)cc2N)CCCC1. The van der Waals surface area contributed by atoms with Crippen LogP contribution in [0.15, 0.2) is 16.7 Å². The molecule has 1 aliphatic carbocycles. The Bertz CT molecular complexity index is 391. The Morgan fingerprint density at radius 1 is 1.53 bits per heavy atom. The van der Waals surface area contributed by atoms with E-state index in [-0.39, 0.29) is 0 Å². The van der Waals surface area contributed by atoms with Crippen LogP contribution < -0.4 is 11.1 Å². The van der Waals surface area contributed by atoms with Gasteiger partial charge in [0.1, 0.15) is 5.82 Å². The summed E-state index contributed by atoms with van der Waals surface area (Å²) in [5.41, 5.74) is 6.63. The number of anilines is 2.